The first kappa shape index (κ1) is 20.1. The molecule has 2 heterocycles. The van der Waals surface area contributed by atoms with E-state index in [4.69, 9.17) is 27.9 Å². The van der Waals surface area contributed by atoms with Crippen LogP contribution < -0.4 is 10.3 Å². The summed E-state index contributed by atoms with van der Waals surface area (Å²) in [5.74, 6) is -2.09. The lowest BCUT2D eigenvalue weighted by molar-refractivity contribution is -0.142. The number of aromatic nitrogens is 3. The fraction of sp³-hybridized carbons (Fsp3) is 0.0588. The van der Waals surface area contributed by atoms with Crippen molar-refractivity contribution in [2.24, 2.45) is 0 Å². The maximum absolute atomic E-state index is 12.6. The molecule has 1 atom stereocenters. The van der Waals surface area contributed by atoms with E-state index in [1.54, 1.807) is 12.1 Å². The number of nitrogens with zero attached hydrogens (tertiary/aromatic N) is 2. The number of halogens is 3. The maximum Gasteiger partial charge on any atom is 0.353 e. The second-order valence-corrected chi connectivity index (χ2v) is 7.16. The van der Waals surface area contributed by atoms with E-state index in [2.05, 4.69) is 26.0 Å². The van der Waals surface area contributed by atoms with Crippen LogP contribution >= 0.6 is 39.1 Å². The highest BCUT2D eigenvalue weighted by atomic mass is 79.9. The van der Waals surface area contributed by atoms with Crippen LogP contribution in [0.1, 0.15) is 10.4 Å². The van der Waals surface area contributed by atoms with E-state index in [0.29, 0.717) is 0 Å². The minimum absolute atomic E-state index is 0.0584. The van der Waals surface area contributed by atoms with Gasteiger partial charge in [-0.2, -0.15) is 5.10 Å². The van der Waals surface area contributed by atoms with Crippen molar-refractivity contribution in [2.45, 2.75) is 6.10 Å². The molecule has 0 bridgehead atoms. The Kier molecular flexibility index (Phi) is 5.87. The topological polar surface area (TPSA) is 114 Å². The predicted molar refractivity (Wildman–Crippen MR) is 105 cm³/mol. The second kappa shape index (κ2) is 8.17. The highest BCUT2D eigenvalue weighted by molar-refractivity contribution is 9.10. The molecule has 144 valence electrons. The van der Waals surface area contributed by atoms with Crippen LogP contribution in [0.5, 0.6) is 5.75 Å². The molecule has 8 nitrogen and oxygen atoms in total. The van der Waals surface area contributed by atoms with Gasteiger partial charge in [0, 0.05) is 16.9 Å². The summed E-state index contributed by atoms with van der Waals surface area (Å²) in [6.07, 6.45) is 1.79. The SMILES string of the molecule is O=C(O)C(Oc1ccc(Br)cc1)C(=O)c1cnn(-c2c(Cl)c[nH]c(=O)c2Cl)c1. The van der Waals surface area contributed by atoms with Crippen LogP contribution in [-0.2, 0) is 4.79 Å². The molecular weight excluding hydrogens is 477 g/mol. The van der Waals surface area contributed by atoms with E-state index in [1.165, 1.54) is 24.5 Å². The number of ketones is 1. The largest absolute Gasteiger partial charge is 0.478 e. The van der Waals surface area contributed by atoms with Crippen LogP contribution in [0.4, 0.5) is 0 Å². The van der Waals surface area contributed by atoms with Gasteiger partial charge in [-0.15, -0.1) is 0 Å². The first-order valence-corrected chi connectivity index (χ1v) is 9.14. The van der Waals surface area contributed by atoms with E-state index >= 15 is 0 Å². The van der Waals surface area contributed by atoms with Gasteiger partial charge in [0.2, 0.25) is 5.78 Å². The number of Topliss-reactive ketones (excluding diaryl/α,β-unsaturated/α-hetero) is 1. The third-order valence-electron chi connectivity index (χ3n) is 3.59. The summed E-state index contributed by atoms with van der Waals surface area (Å²) in [4.78, 5) is 38.2. The van der Waals surface area contributed by atoms with Crippen molar-refractivity contribution in [3.8, 4) is 11.4 Å². The predicted octanol–water partition coefficient (Wildman–Crippen LogP) is 3.34. The number of hydrogen-bond acceptors (Lipinski definition) is 5. The van der Waals surface area contributed by atoms with Gasteiger partial charge in [0.25, 0.3) is 11.7 Å². The fourth-order valence-electron chi connectivity index (χ4n) is 2.27. The highest BCUT2D eigenvalue weighted by Gasteiger charge is 2.31. The fourth-order valence-corrected chi connectivity index (χ4v) is 3.06. The Bertz CT molecular complexity index is 1110. The lowest BCUT2D eigenvalue weighted by atomic mass is 10.1. The molecule has 0 saturated heterocycles. The van der Waals surface area contributed by atoms with E-state index in [9.17, 15) is 19.5 Å². The lowest BCUT2D eigenvalue weighted by Crippen LogP contribution is -2.35. The molecule has 0 radical (unpaired) electrons. The Morgan fingerprint density at radius 1 is 1.25 bits per heavy atom. The van der Waals surface area contributed by atoms with Crippen molar-refractivity contribution in [1.82, 2.24) is 14.8 Å². The second-order valence-electron chi connectivity index (χ2n) is 5.46. The number of carboxylic acids is 1. The molecule has 0 aliphatic rings. The number of aliphatic carboxylic acids is 1. The van der Waals surface area contributed by atoms with Crippen molar-refractivity contribution in [3.63, 3.8) is 0 Å². The number of rotatable bonds is 6. The van der Waals surface area contributed by atoms with Crippen LogP contribution in [0.25, 0.3) is 5.69 Å². The third-order valence-corrected chi connectivity index (χ3v) is 4.76. The number of hydrogen-bond donors (Lipinski definition) is 2. The van der Waals surface area contributed by atoms with Gasteiger partial charge in [-0.3, -0.25) is 9.59 Å². The Labute approximate surface area is 175 Å². The molecule has 28 heavy (non-hydrogen) atoms. The average molecular weight is 487 g/mol. The zero-order valence-electron chi connectivity index (χ0n) is 13.7. The number of pyridine rings is 1. The Hall–Kier alpha value is -2.62. The van der Waals surface area contributed by atoms with Crippen LogP contribution in [-0.4, -0.2) is 37.7 Å². The van der Waals surface area contributed by atoms with Gasteiger partial charge >= 0.3 is 5.97 Å². The number of benzene rings is 1. The van der Waals surface area contributed by atoms with Gasteiger partial charge in [-0.1, -0.05) is 39.1 Å². The van der Waals surface area contributed by atoms with Gasteiger partial charge in [0.15, 0.2) is 0 Å². The molecule has 0 spiro atoms. The monoisotopic (exact) mass is 485 g/mol. The van der Waals surface area contributed by atoms with Gasteiger partial charge in [0.1, 0.15) is 16.5 Å². The Morgan fingerprint density at radius 3 is 2.57 bits per heavy atom. The number of aromatic amines is 1. The van der Waals surface area contributed by atoms with Gasteiger partial charge < -0.3 is 14.8 Å². The minimum atomic E-state index is -1.79. The summed E-state index contributed by atoms with van der Waals surface area (Å²) >= 11 is 15.2. The number of carbonyl (C=O) groups excluding carboxylic acids is 1. The molecule has 2 aromatic heterocycles. The van der Waals surface area contributed by atoms with Crippen LogP contribution in [0, 0.1) is 0 Å². The van der Waals surface area contributed by atoms with Crippen LogP contribution in [0.3, 0.4) is 0 Å². The van der Waals surface area contributed by atoms with Gasteiger partial charge in [0.05, 0.1) is 16.8 Å². The number of carboxylic acid groups (broad SMARTS) is 1. The van der Waals surface area contributed by atoms with Crippen molar-refractivity contribution >= 4 is 50.9 Å². The number of H-pyrrole nitrogens is 1. The van der Waals surface area contributed by atoms with Crippen molar-refractivity contribution in [2.75, 3.05) is 0 Å². The average Bonchev–Trinajstić information content (AvgIpc) is 3.13. The first-order chi connectivity index (χ1) is 13.3. The van der Waals surface area contributed by atoms with Crippen LogP contribution in [0.2, 0.25) is 10.0 Å². The molecule has 0 fully saturated rings. The normalized spacial score (nSPS) is 11.8. The summed E-state index contributed by atoms with van der Waals surface area (Å²) in [5, 5.41) is 13.2. The molecule has 11 heteroatoms. The molecule has 2 N–H and O–H groups in total. The zero-order chi connectivity index (χ0) is 20.4. The summed E-state index contributed by atoms with van der Waals surface area (Å²) in [6, 6.07) is 6.33. The summed E-state index contributed by atoms with van der Waals surface area (Å²) < 4.78 is 7.20. The third kappa shape index (κ3) is 4.11. The first-order valence-electron chi connectivity index (χ1n) is 7.59. The molecule has 0 aliphatic carbocycles. The van der Waals surface area contributed by atoms with E-state index in [-0.39, 0.29) is 27.0 Å². The van der Waals surface area contributed by atoms with E-state index in [1.807, 2.05) is 0 Å². The summed E-state index contributed by atoms with van der Waals surface area (Å²) in [7, 11) is 0. The quantitative estimate of drug-likeness (QED) is 0.408. The Morgan fingerprint density at radius 2 is 1.93 bits per heavy atom. The smallest absolute Gasteiger partial charge is 0.353 e. The van der Waals surface area contributed by atoms with E-state index < -0.39 is 23.4 Å². The lowest BCUT2D eigenvalue weighted by Gasteiger charge is -2.13. The number of carbonyl (C=O) groups is 2. The molecule has 3 rings (SSSR count). The van der Waals surface area contributed by atoms with Crippen molar-refractivity contribution < 1.29 is 19.4 Å². The van der Waals surface area contributed by atoms with Gasteiger partial charge in [-0.25, -0.2) is 9.48 Å². The Balaban J connectivity index is 1.92. The number of nitrogens with one attached hydrogen (secondary N) is 1. The molecule has 1 unspecified atom stereocenters. The van der Waals surface area contributed by atoms with E-state index in [0.717, 1.165) is 15.4 Å². The molecule has 0 aliphatic heterocycles. The van der Waals surface area contributed by atoms with Crippen molar-refractivity contribution in [1.29, 1.82) is 0 Å². The maximum atomic E-state index is 12.6. The summed E-state index contributed by atoms with van der Waals surface area (Å²) in [6.45, 7) is 0. The zero-order valence-corrected chi connectivity index (χ0v) is 16.8. The summed E-state index contributed by atoms with van der Waals surface area (Å²) in [5.41, 5.74) is -0.588. The number of ether oxygens (including phenoxy) is 1. The molecule has 1 aromatic carbocycles. The van der Waals surface area contributed by atoms with Crippen molar-refractivity contribution in [3.05, 3.63) is 73.3 Å². The molecular formula is C17H10BrCl2N3O5. The standard InChI is InChI=1S/C17H10BrCl2N3O5/c18-9-1-3-10(4-2-9)28-15(17(26)27)14(24)8-5-22-23(7-8)13-11(19)6-21-16(25)12(13)20/h1-7,15H,(H,21,25)(H,26,27). The molecule has 3 aromatic rings. The minimum Gasteiger partial charge on any atom is -0.478 e. The van der Waals surface area contributed by atoms with Gasteiger partial charge in [-0.05, 0) is 24.3 Å². The highest BCUT2D eigenvalue weighted by Crippen LogP contribution is 2.25. The molecule has 0 saturated carbocycles. The molecule has 0 amide bonds. The van der Waals surface area contributed by atoms with Crippen LogP contribution in [0.15, 0.2) is 52.1 Å².